The summed E-state index contributed by atoms with van der Waals surface area (Å²) in [5.41, 5.74) is 0.00210. The lowest BCUT2D eigenvalue weighted by molar-refractivity contribution is -0.135. The Labute approximate surface area is 139 Å². The van der Waals surface area contributed by atoms with E-state index in [1.54, 1.807) is 0 Å². The molecule has 0 spiro atoms. The number of rotatable bonds is 5. The summed E-state index contributed by atoms with van der Waals surface area (Å²) in [5.74, 6) is -2.08. The van der Waals surface area contributed by atoms with Crippen molar-refractivity contribution in [1.29, 1.82) is 0 Å². The molecule has 1 heterocycles. The SMILES string of the molecule is O=C(O)CNC(=O)c1ccc(N=Cc2c(O)[nH]c(=S)[nH]c2=O)cc1. The van der Waals surface area contributed by atoms with Gasteiger partial charge >= 0.3 is 5.97 Å². The highest BCUT2D eigenvalue weighted by atomic mass is 32.1. The zero-order chi connectivity index (χ0) is 17.7. The Morgan fingerprint density at radius 3 is 2.50 bits per heavy atom. The van der Waals surface area contributed by atoms with Crippen LogP contribution in [0, 0.1) is 4.77 Å². The van der Waals surface area contributed by atoms with E-state index in [2.05, 4.69) is 20.3 Å². The first-order chi connectivity index (χ1) is 11.4. The fourth-order valence-corrected chi connectivity index (χ4v) is 1.89. The van der Waals surface area contributed by atoms with Crippen LogP contribution in [0.25, 0.3) is 0 Å². The van der Waals surface area contributed by atoms with Gasteiger partial charge < -0.3 is 20.5 Å². The van der Waals surface area contributed by atoms with Gasteiger partial charge in [0.05, 0.1) is 5.69 Å². The summed E-state index contributed by atoms with van der Waals surface area (Å²) in [4.78, 5) is 42.4. The van der Waals surface area contributed by atoms with E-state index in [0.29, 0.717) is 5.69 Å². The molecular weight excluding hydrogens is 336 g/mol. The maximum absolute atomic E-state index is 11.7. The Morgan fingerprint density at radius 1 is 1.25 bits per heavy atom. The number of carboxylic acids is 1. The number of nitrogens with one attached hydrogen (secondary N) is 3. The van der Waals surface area contributed by atoms with Gasteiger partial charge in [-0.25, -0.2) is 0 Å². The number of nitrogens with zero attached hydrogens (tertiary/aromatic N) is 1. The molecule has 2 aromatic rings. The Balaban J connectivity index is 2.15. The van der Waals surface area contributed by atoms with Crippen LogP contribution in [-0.4, -0.2) is 44.8 Å². The molecule has 0 fully saturated rings. The van der Waals surface area contributed by atoms with Gasteiger partial charge in [0.25, 0.3) is 11.5 Å². The minimum Gasteiger partial charge on any atom is -0.494 e. The van der Waals surface area contributed by atoms with Crippen LogP contribution in [0.5, 0.6) is 5.88 Å². The minimum absolute atomic E-state index is 0.00799. The van der Waals surface area contributed by atoms with Crippen LogP contribution >= 0.6 is 12.2 Å². The van der Waals surface area contributed by atoms with Crippen LogP contribution in [0.2, 0.25) is 0 Å². The van der Waals surface area contributed by atoms with E-state index in [-0.39, 0.29) is 15.9 Å². The molecule has 9 nitrogen and oxygen atoms in total. The summed E-state index contributed by atoms with van der Waals surface area (Å²) in [5, 5.41) is 20.4. The third-order valence-corrected chi connectivity index (χ3v) is 3.04. The summed E-state index contributed by atoms with van der Waals surface area (Å²) < 4.78 is -0.00799. The molecule has 124 valence electrons. The van der Waals surface area contributed by atoms with E-state index in [1.807, 2.05) is 0 Å². The minimum atomic E-state index is -1.14. The van der Waals surface area contributed by atoms with E-state index in [0.717, 1.165) is 6.21 Å². The molecule has 0 aliphatic heterocycles. The number of aliphatic imine (C=N–C) groups is 1. The van der Waals surface area contributed by atoms with Crippen LogP contribution in [0.1, 0.15) is 15.9 Å². The van der Waals surface area contributed by atoms with Crippen molar-refractivity contribution in [3.05, 3.63) is 50.5 Å². The third kappa shape index (κ3) is 4.36. The normalized spacial score (nSPS) is 10.7. The number of carbonyl (C=O) groups excluding carboxylic acids is 1. The fourth-order valence-electron chi connectivity index (χ4n) is 1.70. The zero-order valence-electron chi connectivity index (χ0n) is 12.1. The standard InChI is InChI=1S/C14H12N4O5S/c19-10(20)6-16-11(21)7-1-3-8(4-2-7)15-5-9-12(22)17-14(24)18-13(9)23/h1-5H,6H2,(H,16,21)(H,19,20)(H3,17,18,22,23,24). The van der Waals surface area contributed by atoms with Gasteiger partial charge in [0.2, 0.25) is 5.88 Å². The molecule has 0 saturated carbocycles. The molecule has 0 radical (unpaired) electrons. The van der Waals surface area contributed by atoms with Crippen molar-refractivity contribution in [3.63, 3.8) is 0 Å². The maximum Gasteiger partial charge on any atom is 0.322 e. The summed E-state index contributed by atoms with van der Waals surface area (Å²) in [6, 6.07) is 5.91. The number of aromatic hydroxyl groups is 1. The molecule has 24 heavy (non-hydrogen) atoms. The number of carboxylic acid groups (broad SMARTS) is 1. The highest BCUT2D eigenvalue weighted by Gasteiger charge is 2.07. The van der Waals surface area contributed by atoms with Crippen molar-refractivity contribution in [2.24, 2.45) is 4.99 Å². The van der Waals surface area contributed by atoms with Crippen molar-refractivity contribution in [2.75, 3.05) is 6.54 Å². The molecule has 5 N–H and O–H groups in total. The fraction of sp³-hybridized carbons (Fsp3) is 0.0714. The van der Waals surface area contributed by atoms with E-state index in [4.69, 9.17) is 17.3 Å². The second-order valence-corrected chi connectivity index (χ2v) is 4.96. The topological polar surface area (TPSA) is 148 Å². The number of hydrogen-bond donors (Lipinski definition) is 5. The first-order valence-corrected chi connectivity index (χ1v) is 6.97. The van der Waals surface area contributed by atoms with Crippen molar-refractivity contribution in [3.8, 4) is 5.88 Å². The number of aliphatic carboxylic acids is 1. The molecule has 0 atom stereocenters. The van der Waals surface area contributed by atoms with Crippen LogP contribution in [-0.2, 0) is 4.79 Å². The van der Waals surface area contributed by atoms with E-state index in [9.17, 15) is 19.5 Å². The Bertz CT molecular complexity index is 914. The summed E-state index contributed by atoms with van der Waals surface area (Å²) in [6.07, 6.45) is 1.15. The first kappa shape index (κ1) is 17.1. The van der Waals surface area contributed by atoms with Crippen LogP contribution in [0.15, 0.2) is 34.1 Å². The molecule has 0 saturated heterocycles. The number of aromatic amines is 2. The number of H-pyrrole nitrogens is 2. The monoisotopic (exact) mass is 348 g/mol. The van der Waals surface area contributed by atoms with Crippen molar-refractivity contribution in [1.82, 2.24) is 15.3 Å². The van der Waals surface area contributed by atoms with Crippen molar-refractivity contribution in [2.45, 2.75) is 0 Å². The molecule has 0 aliphatic rings. The van der Waals surface area contributed by atoms with E-state index in [1.165, 1.54) is 24.3 Å². The third-order valence-electron chi connectivity index (χ3n) is 2.83. The molecule has 0 unspecified atom stereocenters. The van der Waals surface area contributed by atoms with Crippen LogP contribution < -0.4 is 10.9 Å². The number of benzene rings is 1. The van der Waals surface area contributed by atoms with Crippen LogP contribution in [0.4, 0.5) is 5.69 Å². The highest BCUT2D eigenvalue weighted by Crippen LogP contribution is 2.14. The molecule has 0 bridgehead atoms. The predicted octanol–water partition coefficient (Wildman–Crippen LogP) is 0.703. The number of carbonyl (C=O) groups is 2. The summed E-state index contributed by atoms with van der Waals surface area (Å²) in [7, 11) is 0. The zero-order valence-corrected chi connectivity index (χ0v) is 12.9. The first-order valence-electron chi connectivity index (χ1n) is 6.56. The predicted molar refractivity (Wildman–Crippen MR) is 87.6 cm³/mol. The smallest absolute Gasteiger partial charge is 0.322 e. The molecule has 2 rings (SSSR count). The number of aromatic nitrogens is 2. The second-order valence-electron chi connectivity index (χ2n) is 4.55. The van der Waals surface area contributed by atoms with Gasteiger partial charge in [0, 0.05) is 11.8 Å². The maximum atomic E-state index is 11.7. The van der Waals surface area contributed by atoms with Gasteiger partial charge in [0.1, 0.15) is 12.1 Å². The van der Waals surface area contributed by atoms with Crippen molar-refractivity contribution >= 4 is 36.0 Å². The Kier molecular flexibility index (Phi) is 5.22. The Morgan fingerprint density at radius 2 is 1.92 bits per heavy atom. The lowest BCUT2D eigenvalue weighted by atomic mass is 10.2. The average molecular weight is 348 g/mol. The van der Waals surface area contributed by atoms with Gasteiger partial charge in [-0.3, -0.25) is 24.4 Å². The molecular formula is C14H12N4O5S. The van der Waals surface area contributed by atoms with Gasteiger partial charge in [-0.15, -0.1) is 0 Å². The van der Waals surface area contributed by atoms with Crippen LogP contribution in [0.3, 0.4) is 0 Å². The largest absolute Gasteiger partial charge is 0.494 e. The number of amides is 1. The lowest BCUT2D eigenvalue weighted by Gasteiger charge is -2.02. The lowest BCUT2D eigenvalue weighted by Crippen LogP contribution is -2.29. The quantitative estimate of drug-likeness (QED) is 0.397. The van der Waals surface area contributed by atoms with Gasteiger partial charge in [-0.2, -0.15) is 0 Å². The van der Waals surface area contributed by atoms with E-state index >= 15 is 0 Å². The average Bonchev–Trinajstić information content (AvgIpc) is 2.52. The molecule has 1 aromatic carbocycles. The second kappa shape index (κ2) is 7.33. The molecule has 10 heteroatoms. The summed E-state index contributed by atoms with van der Waals surface area (Å²) >= 11 is 4.71. The molecule has 1 aromatic heterocycles. The Hall–Kier alpha value is -3.27. The molecule has 0 aliphatic carbocycles. The van der Waals surface area contributed by atoms with Gasteiger partial charge in [-0.05, 0) is 36.5 Å². The number of hydrogen-bond acceptors (Lipinski definition) is 6. The van der Waals surface area contributed by atoms with Gasteiger partial charge in [0.15, 0.2) is 4.77 Å². The van der Waals surface area contributed by atoms with E-state index < -0.39 is 29.9 Å². The van der Waals surface area contributed by atoms with Crippen molar-refractivity contribution < 1.29 is 19.8 Å². The highest BCUT2D eigenvalue weighted by molar-refractivity contribution is 7.71. The molecule has 1 amide bonds. The van der Waals surface area contributed by atoms with Gasteiger partial charge in [-0.1, -0.05) is 0 Å². The summed E-state index contributed by atoms with van der Waals surface area (Å²) in [6.45, 7) is -0.476.